The van der Waals surface area contributed by atoms with Gasteiger partial charge in [-0.05, 0) is 43.7 Å². The molecule has 0 unspecified atom stereocenters. The topological polar surface area (TPSA) is 75.7 Å². The van der Waals surface area contributed by atoms with E-state index in [1.807, 2.05) is 44.2 Å². The molecule has 0 atom stereocenters. The Balaban J connectivity index is 1.90. The first-order valence-corrected chi connectivity index (χ1v) is 8.76. The maximum Gasteiger partial charge on any atom is 0.310 e. The number of carbonyl (C=O) groups is 3. The molecular formula is C21H24N2O4. The van der Waals surface area contributed by atoms with Crippen molar-refractivity contribution in [1.82, 2.24) is 0 Å². The van der Waals surface area contributed by atoms with Crippen molar-refractivity contribution in [2.24, 2.45) is 0 Å². The minimum atomic E-state index is -0.479. The number of hydrogen-bond donors (Lipinski definition) is 1. The molecule has 2 aromatic rings. The summed E-state index contributed by atoms with van der Waals surface area (Å²) in [6.07, 6.45) is 0.0562. The average molecular weight is 368 g/mol. The van der Waals surface area contributed by atoms with E-state index in [1.54, 1.807) is 29.2 Å². The monoisotopic (exact) mass is 368 g/mol. The first-order chi connectivity index (χ1) is 12.9. The summed E-state index contributed by atoms with van der Waals surface area (Å²) in [4.78, 5) is 37.2. The van der Waals surface area contributed by atoms with Crippen LogP contribution < -0.4 is 10.2 Å². The summed E-state index contributed by atoms with van der Waals surface area (Å²) in [6.45, 7) is 4.93. The number of nitrogens with zero attached hydrogens (tertiary/aromatic N) is 1. The fraction of sp³-hybridized carbons (Fsp3) is 0.286. The van der Waals surface area contributed by atoms with Gasteiger partial charge in [-0.3, -0.25) is 14.4 Å². The van der Waals surface area contributed by atoms with Gasteiger partial charge in [0.15, 0.2) is 6.61 Å². The molecule has 0 heterocycles. The molecule has 2 amide bonds. The van der Waals surface area contributed by atoms with Crippen LogP contribution in [0.3, 0.4) is 0 Å². The van der Waals surface area contributed by atoms with E-state index in [0.29, 0.717) is 5.69 Å². The fourth-order valence-corrected chi connectivity index (χ4v) is 2.66. The molecule has 0 fully saturated rings. The predicted octanol–water partition coefficient (Wildman–Crippen LogP) is 3.17. The lowest BCUT2D eigenvalue weighted by Crippen LogP contribution is -2.40. The summed E-state index contributed by atoms with van der Waals surface area (Å²) in [7, 11) is 0. The molecule has 0 aliphatic heterocycles. The van der Waals surface area contributed by atoms with Crippen LogP contribution in [0.25, 0.3) is 0 Å². The van der Waals surface area contributed by atoms with Crippen molar-refractivity contribution in [2.75, 3.05) is 16.8 Å². The minimum absolute atomic E-state index is 0.0556. The van der Waals surface area contributed by atoms with Crippen molar-refractivity contribution >= 4 is 29.2 Å². The predicted molar refractivity (Wildman–Crippen MR) is 104 cm³/mol. The Hall–Kier alpha value is -3.15. The van der Waals surface area contributed by atoms with E-state index in [0.717, 1.165) is 11.3 Å². The van der Waals surface area contributed by atoms with E-state index >= 15 is 0 Å². The number of ether oxygens (including phenoxy) is 1. The number of carbonyl (C=O) groups excluding carboxylic acids is 3. The SMILES string of the molecule is CC(=O)Nc1ccc(CC(=O)OCC(=O)N(c2ccccc2)C(C)C)cc1. The van der Waals surface area contributed by atoms with Crippen molar-refractivity contribution in [3.05, 3.63) is 60.2 Å². The Morgan fingerprint density at radius 2 is 1.63 bits per heavy atom. The number of benzene rings is 2. The number of amides is 2. The highest BCUT2D eigenvalue weighted by molar-refractivity contribution is 5.95. The molecule has 0 aliphatic rings. The summed E-state index contributed by atoms with van der Waals surface area (Å²) < 4.78 is 5.16. The van der Waals surface area contributed by atoms with Gasteiger partial charge in [-0.2, -0.15) is 0 Å². The Bertz CT molecular complexity index is 786. The largest absolute Gasteiger partial charge is 0.455 e. The molecule has 2 rings (SSSR count). The first kappa shape index (κ1) is 20.2. The van der Waals surface area contributed by atoms with Gasteiger partial charge in [0.05, 0.1) is 6.42 Å². The normalized spacial score (nSPS) is 10.4. The van der Waals surface area contributed by atoms with Crippen LogP contribution in [-0.2, 0) is 25.5 Å². The Labute approximate surface area is 159 Å². The smallest absolute Gasteiger partial charge is 0.310 e. The molecule has 0 saturated heterocycles. The van der Waals surface area contributed by atoms with Crippen molar-refractivity contribution in [3.8, 4) is 0 Å². The van der Waals surface area contributed by atoms with Gasteiger partial charge in [0.25, 0.3) is 5.91 Å². The lowest BCUT2D eigenvalue weighted by molar-refractivity contribution is -0.147. The zero-order valence-electron chi connectivity index (χ0n) is 15.8. The molecule has 142 valence electrons. The summed E-state index contributed by atoms with van der Waals surface area (Å²) in [5.74, 6) is -0.910. The maximum atomic E-state index is 12.5. The molecule has 0 aliphatic carbocycles. The third-order valence-corrected chi connectivity index (χ3v) is 3.80. The molecule has 0 saturated carbocycles. The van der Waals surface area contributed by atoms with Crippen molar-refractivity contribution in [2.45, 2.75) is 33.2 Å². The van der Waals surface area contributed by atoms with E-state index in [9.17, 15) is 14.4 Å². The molecule has 6 heteroatoms. The molecule has 6 nitrogen and oxygen atoms in total. The molecule has 1 N–H and O–H groups in total. The van der Waals surface area contributed by atoms with Crippen LogP contribution in [0, 0.1) is 0 Å². The summed E-state index contributed by atoms with van der Waals surface area (Å²) in [5, 5.41) is 2.66. The number of anilines is 2. The summed E-state index contributed by atoms with van der Waals surface area (Å²) >= 11 is 0. The van der Waals surface area contributed by atoms with Crippen LogP contribution in [0.15, 0.2) is 54.6 Å². The maximum absolute atomic E-state index is 12.5. The van der Waals surface area contributed by atoms with E-state index in [2.05, 4.69) is 5.32 Å². The van der Waals surface area contributed by atoms with E-state index in [4.69, 9.17) is 4.74 Å². The highest BCUT2D eigenvalue weighted by Gasteiger charge is 2.20. The van der Waals surface area contributed by atoms with Crippen LogP contribution in [-0.4, -0.2) is 30.4 Å². The first-order valence-electron chi connectivity index (χ1n) is 8.76. The molecule has 0 bridgehead atoms. The zero-order valence-corrected chi connectivity index (χ0v) is 15.8. The van der Waals surface area contributed by atoms with Gasteiger partial charge in [-0.25, -0.2) is 0 Å². The lowest BCUT2D eigenvalue weighted by Gasteiger charge is -2.26. The molecule has 0 spiro atoms. The molecule has 0 radical (unpaired) electrons. The van der Waals surface area contributed by atoms with Crippen LogP contribution in [0.2, 0.25) is 0 Å². The number of nitrogens with one attached hydrogen (secondary N) is 1. The van der Waals surface area contributed by atoms with Gasteiger partial charge in [0, 0.05) is 24.3 Å². The third-order valence-electron chi connectivity index (χ3n) is 3.80. The molecular weight excluding hydrogens is 344 g/mol. The summed E-state index contributed by atoms with van der Waals surface area (Å²) in [5.41, 5.74) is 2.16. The van der Waals surface area contributed by atoms with Crippen molar-refractivity contribution < 1.29 is 19.1 Å². The van der Waals surface area contributed by atoms with Crippen LogP contribution in [0.5, 0.6) is 0 Å². The van der Waals surface area contributed by atoms with Gasteiger partial charge in [-0.1, -0.05) is 30.3 Å². The van der Waals surface area contributed by atoms with Gasteiger partial charge in [0.2, 0.25) is 5.91 Å². The standard InChI is InChI=1S/C21H24N2O4/c1-15(2)23(19-7-5-4-6-8-19)20(25)14-27-21(26)13-17-9-11-18(12-10-17)22-16(3)24/h4-12,15H,13-14H2,1-3H3,(H,22,24). The second-order valence-corrected chi connectivity index (χ2v) is 6.41. The van der Waals surface area contributed by atoms with E-state index < -0.39 is 5.97 Å². The second kappa shape index (κ2) is 9.52. The highest BCUT2D eigenvalue weighted by Crippen LogP contribution is 2.17. The summed E-state index contributed by atoms with van der Waals surface area (Å²) in [6, 6.07) is 16.1. The molecule has 27 heavy (non-hydrogen) atoms. The Morgan fingerprint density at radius 3 is 2.19 bits per heavy atom. The van der Waals surface area contributed by atoms with Gasteiger partial charge < -0.3 is 15.0 Å². The Morgan fingerprint density at radius 1 is 1.00 bits per heavy atom. The van der Waals surface area contributed by atoms with Crippen molar-refractivity contribution in [3.63, 3.8) is 0 Å². The number of rotatable bonds is 7. The van der Waals surface area contributed by atoms with Gasteiger partial charge in [-0.15, -0.1) is 0 Å². The molecule has 2 aromatic carbocycles. The Kier molecular flexibility index (Phi) is 7.11. The van der Waals surface area contributed by atoms with Gasteiger partial charge in [0.1, 0.15) is 0 Å². The quantitative estimate of drug-likeness (QED) is 0.762. The van der Waals surface area contributed by atoms with E-state index in [1.165, 1.54) is 6.92 Å². The van der Waals surface area contributed by atoms with E-state index in [-0.39, 0.29) is 30.9 Å². The molecule has 0 aromatic heterocycles. The van der Waals surface area contributed by atoms with Crippen LogP contribution in [0.4, 0.5) is 11.4 Å². The fourth-order valence-electron chi connectivity index (χ4n) is 2.66. The highest BCUT2D eigenvalue weighted by atomic mass is 16.5. The second-order valence-electron chi connectivity index (χ2n) is 6.41. The average Bonchev–Trinajstić information content (AvgIpc) is 2.62. The zero-order chi connectivity index (χ0) is 19.8. The van der Waals surface area contributed by atoms with Gasteiger partial charge >= 0.3 is 5.97 Å². The third kappa shape index (κ3) is 6.26. The van der Waals surface area contributed by atoms with Crippen LogP contribution in [0.1, 0.15) is 26.3 Å². The number of para-hydroxylation sites is 1. The van der Waals surface area contributed by atoms with Crippen LogP contribution >= 0.6 is 0 Å². The number of esters is 1. The lowest BCUT2D eigenvalue weighted by atomic mass is 10.1. The minimum Gasteiger partial charge on any atom is -0.455 e. The van der Waals surface area contributed by atoms with Crippen molar-refractivity contribution in [1.29, 1.82) is 0 Å². The number of hydrogen-bond acceptors (Lipinski definition) is 4.